The fourth-order valence-electron chi connectivity index (χ4n) is 8.60. The largest absolute Gasteiger partial charge is 0.466 e. The molecule has 0 aromatic heterocycles. The summed E-state index contributed by atoms with van der Waals surface area (Å²) in [6, 6.07) is 0. The highest BCUT2D eigenvalue weighted by atomic mass is 16.6. The second-order valence-electron chi connectivity index (χ2n) is 22.1. The van der Waals surface area contributed by atoms with Crippen LogP contribution in [-0.4, -0.2) is 98.4 Å². The minimum absolute atomic E-state index is 0.0411. The molecule has 0 radical (unpaired) electrons. The van der Waals surface area contributed by atoms with Crippen LogP contribution < -0.4 is 0 Å². The van der Waals surface area contributed by atoms with Gasteiger partial charge in [-0.1, -0.05) is 169 Å². The molecule has 2 atom stereocenters. The third-order valence-corrected chi connectivity index (χ3v) is 13.3. The Bertz CT molecular complexity index is 1460. The van der Waals surface area contributed by atoms with Crippen LogP contribution in [0.2, 0.25) is 0 Å². The molecule has 0 aliphatic rings. The topological polar surface area (TPSA) is 176 Å². The maximum atomic E-state index is 14.3. The molecule has 0 aromatic carbocycles. The minimum atomic E-state index is -2.46. The van der Waals surface area contributed by atoms with Crippen molar-refractivity contribution in [1.29, 1.82) is 0 Å². The Hall–Kier alpha value is -3.26. The second kappa shape index (κ2) is 44.8. The highest BCUT2D eigenvalue weighted by Crippen LogP contribution is 2.28. The van der Waals surface area contributed by atoms with E-state index in [4.69, 9.17) is 37.9 Å². The lowest BCUT2D eigenvalue weighted by Gasteiger charge is -2.31. The van der Waals surface area contributed by atoms with Crippen LogP contribution in [0.25, 0.3) is 0 Å². The number of hydrogen-bond donors (Lipinski definition) is 0. The average molecular weight is 1060 g/mol. The summed E-state index contributed by atoms with van der Waals surface area (Å²) in [5.74, 6) is -4.56. The Balaban J connectivity index is 6.11. The van der Waals surface area contributed by atoms with Gasteiger partial charge in [0.25, 0.3) is 0 Å². The molecule has 0 amide bonds. The Morgan fingerprint density at radius 2 is 0.797 bits per heavy atom. The molecule has 0 heterocycles. The summed E-state index contributed by atoms with van der Waals surface area (Å²) in [5.41, 5.74) is -3.75. The third kappa shape index (κ3) is 41.0. The number of carbonyl (C=O) groups is 6. The fourth-order valence-corrected chi connectivity index (χ4v) is 8.60. The molecule has 14 heteroatoms. The lowest BCUT2D eigenvalue weighted by atomic mass is 9.94. The van der Waals surface area contributed by atoms with E-state index in [1.807, 2.05) is 55.4 Å². The zero-order valence-electron chi connectivity index (χ0n) is 48.9. The van der Waals surface area contributed by atoms with Gasteiger partial charge in [0.05, 0.1) is 43.9 Å². The van der Waals surface area contributed by atoms with Crippen molar-refractivity contribution in [3.63, 3.8) is 0 Å². The van der Waals surface area contributed by atoms with Crippen LogP contribution in [0, 0.1) is 5.92 Å². The highest BCUT2D eigenvalue weighted by molar-refractivity contribution is 5.92. The van der Waals surface area contributed by atoms with Gasteiger partial charge in [-0.2, -0.15) is 0 Å². The molecule has 0 saturated carbocycles. The van der Waals surface area contributed by atoms with Gasteiger partial charge in [-0.25, -0.2) is 4.79 Å². The van der Waals surface area contributed by atoms with Crippen molar-refractivity contribution < 1.29 is 66.7 Å². The number of carbonyl (C=O) groups excluding carboxylic acids is 6. The Morgan fingerprint density at radius 3 is 1.22 bits per heavy atom. The summed E-state index contributed by atoms with van der Waals surface area (Å²) in [4.78, 5) is 81.6. The maximum Gasteiger partial charge on any atom is 0.351 e. The van der Waals surface area contributed by atoms with E-state index in [2.05, 4.69) is 13.8 Å². The molecule has 2 unspecified atom stereocenters. The first kappa shape index (κ1) is 70.7. The monoisotopic (exact) mass is 1050 g/mol. The van der Waals surface area contributed by atoms with Crippen LogP contribution in [0.1, 0.15) is 281 Å². The Labute approximate surface area is 450 Å². The summed E-state index contributed by atoms with van der Waals surface area (Å²) in [6.45, 7) is 19.9. The van der Waals surface area contributed by atoms with E-state index >= 15 is 0 Å². The van der Waals surface area contributed by atoms with E-state index in [1.165, 1.54) is 103 Å². The smallest absolute Gasteiger partial charge is 0.351 e. The van der Waals surface area contributed by atoms with Crippen LogP contribution >= 0.6 is 0 Å². The predicted octanol–water partition coefficient (Wildman–Crippen LogP) is 14.6. The normalized spacial score (nSPS) is 13.0. The number of hydrogen-bond acceptors (Lipinski definition) is 14. The molecule has 0 fully saturated rings. The van der Waals surface area contributed by atoms with Crippen molar-refractivity contribution >= 4 is 35.8 Å². The fraction of sp³-hybridized carbons (Fsp3) is 0.900. The van der Waals surface area contributed by atoms with Crippen molar-refractivity contribution in [3.05, 3.63) is 0 Å². The molecule has 0 aliphatic heterocycles. The number of esters is 6. The molecule has 0 bridgehead atoms. The van der Waals surface area contributed by atoms with E-state index in [-0.39, 0.29) is 58.0 Å². The summed E-state index contributed by atoms with van der Waals surface area (Å²) >= 11 is 0. The van der Waals surface area contributed by atoms with Crippen LogP contribution in [-0.2, 0) is 66.7 Å². The van der Waals surface area contributed by atoms with Crippen LogP contribution in [0.15, 0.2) is 0 Å². The van der Waals surface area contributed by atoms with Crippen molar-refractivity contribution in [2.75, 3.05) is 39.6 Å². The average Bonchev–Trinajstić information content (AvgIpc) is 3.32. The number of rotatable bonds is 51. The molecule has 0 aliphatic carbocycles. The van der Waals surface area contributed by atoms with Gasteiger partial charge in [0, 0.05) is 45.3 Å². The molecule has 0 saturated heterocycles. The number of unbranched alkanes of at least 4 members (excludes halogenated alkanes) is 22. The summed E-state index contributed by atoms with van der Waals surface area (Å²) in [7, 11) is 0. The van der Waals surface area contributed by atoms with E-state index in [0.717, 1.165) is 38.5 Å². The van der Waals surface area contributed by atoms with Crippen molar-refractivity contribution in [3.8, 4) is 0 Å². The highest BCUT2D eigenvalue weighted by Gasteiger charge is 2.49. The first-order valence-corrected chi connectivity index (χ1v) is 29.7. The molecule has 0 rings (SSSR count). The van der Waals surface area contributed by atoms with Gasteiger partial charge >= 0.3 is 35.8 Å². The molecular weight excluding hydrogens is 945 g/mol. The SMILES string of the molecule is CCCCCCCCCCCCCCC(=O)OCC(CCC(=O)OC(CC(=O)OCCC(C)C)(CC(=O)OCCC(C)(C)OCC)C(=O)OCCC(C)(C)OCC)OC(=O)CCCCCCCCCCCCCC. The van der Waals surface area contributed by atoms with E-state index in [0.29, 0.717) is 38.9 Å². The van der Waals surface area contributed by atoms with Crippen molar-refractivity contribution in [2.45, 2.75) is 304 Å². The maximum absolute atomic E-state index is 14.3. The van der Waals surface area contributed by atoms with Gasteiger partial charge < -0.3 is 37.9 Å². The second-order valence-corrected chi connectivity index (χ2v) is 22.1. The molecule has 0 aromatic rings. The van der Waals surface area contributed by atoms with Gasteiger partial charge in [-0.15, -0.1) is 0 Å². The molecule has 434 valence electrons. The van der Waals surface area contributed by atoms with Crippen LogP contribution in [0.3, 0.4) is 0 Å². The Kier molecular flexibility index (Phi) is 42.9. The first-order chi connectivity index (χ1) is 35.3. The van der Waals surface area contributed by atoms with Gasteiger partial charge in [0.15, 0.2) is 0 Å². The lowest BCUT2D eigenvalue weighted by molar-refractivity contribution is -0.193. The summed E-state index contributed by atoms with van der Waals surface area (Å²) in [6.07, 6.45) is 26.1. The minimum Gasteiger partial charge on any atom is -0.466 e. The van der Waals surface area contributed by atoms with E-state index < -0.39 is 78.0 Å². The van der Waals surface area contributed by atoms with Gasteiger partial charge in [-0.05, 0) is 73.1 Å². The molecule has 74 heavy (non-hydrogen) atoms. The lowest BCUT2D eigenvalue weighted by Crippen LogP contribution is -2.49. The van der Waals surface area contributed by atoms with Gasteiger partial charge in [-0.3, -0.25) is 24.0 Å². The van der Waals surface area contributed by atoms with E-state index in [1.54, 1.807) is 0 Å². The van der Waals surface area contributed by atoms with Gasteiger partial charge in [0.1, 0.15) is 12.7 Å². The molecule has 0 spiro atoms. The zero-order chi connectivity index (χ0) is 55.4. The van der Waals surface area contributed by atoms with Crippen molar-refractivity contribution in [2.24, 2.45) is 5.92 Å². The summed E-state index contributed by atoms with van der Waals surface area (Å²) < 4.78 is 45.6. The van der Waals surface area contributed by atoms with Gasteiger partial charge in [0.2, 0.25) is 5.60 Å². The Morgan fingerprint density at radius 1 is 0.405 bits per heavy atom. The molecule has 14 nitrogen and oxygen atoms in total. The molecule has 0 N–H and O–H groups in total. The standard InChI is InChI=1S/C60H110O14/c1-11-15-17-19-21-23-25-27-29-31-33-35-37-52(61)70-49-51(73-53(62)38-36-34-32-30-28-26-24-22-20-18-16-12-2)39-40-54(63)74-60(47-55(64)67-44-41-50(5)6,57(66)69-46-43-59(9,10)72-14-4)48-56(65)68-45-42-58(7,8)71-13-3/h50-51H,11-49H2,1-10H3. The van der Waals surface area contributed by atoms with E-state index in [9.17, 15) is 28.8 Å². The zero-order valence-corrected chi connectivity index (χ0v) is 48.9. The quantitative estimate of drug-likeness (QED) is 0.0319. The van der Waals surface area contributed by atoms with Crippen LogP contribution in [0.5, 0.6) is 0 Å². The van der Waals surface area contributed by atoms with Crippen LogP contribution in [0.4, 0.5) is 0 Å². The first-order valence-electron chi connectivity index (χ1n) is 29.7. The number of ether oxygens (including phenoxy) is 8. The molecular formula is C60H110O14. The third-order valence-electron chi connectivity index (χ3n) is 13.3. The summed E-state index contributed by atoms with van der Waals surface area (Å²) in [5, 5.41) is 0. The van der Waals surface area contributed by atoms with Crippen molar-refractivity contribution in [1.82, 2.24) is 0 Å². The predicted molar refractivity (Wildman–Crippen MR) is 292 cm³/mol.